The Bertz CT molecular complexity index is 464. The van der Waals surface area contributed by atoms with Crippen molar-refractivity contribution in [3.63, 3.8) is 0 Å². The molecule has 0 aromatic carbocycles. The highest BCUT2D eigenvalue weighted by molar-refractivity contribution is 5.71. The summed E-state index contributed by atoms with van der Waals surface area (Å²) in [6.45, 7) is 7.49. The van der Waals surface area contributed by atoms with Crippen LogP contribution in [0.3, 0.4) is 0 Å². The van der Waals surface area contributed by atoms with Crippen molar-refractivity contribution >= 4 is 5.97 Å². The fourth-order valence-corrected chi connectivity index (χ4v) is 3.01. The van der Waals surface area contributed by atoms with Crippen LogP contribution in [0.5, 0.6) is 0 Å². The summed E-state index contributed by atoms with van der Waals surface area (Å²) in [4.78, 5) is 11.8. The lowest BCUT2D eigenvalue weighted by molar-refractivity contribution is -0.155. The van der Waals surface area contributed by atoms with Crippen molar-refractivity contribution in [2.24, 2.45) is 11.8 Å². The summed E-state index contributed by atoms with van der Waals surface area (Å²) in [6, 6.07) is 0. The van der Waals surface area contributed by atoms with Gasteiger partial charge in [0.2, 0.25) is 0 Å². The van der Waals surface area contributed by atoms with Crippen LogP contribution in [-0.2, 0) is 9.53 Å². The van der Waals surface area contributed by atoms with Gasteiger partial charge in [-0.3, -0.25) is 4.79 Å². The maximum Gasteiger partial charge on any atom is 0.309 e. The van der Waals surface area contributed by atoms with Crippen molar-refractivity contribution in [3.8, 4) is 0 Å². The summed E-state index contributed by atoms with van der Waals surface area (Å²) < 4.78 is 4.90. The van der Waals surface area contributed by atoms with Gasteiger partial charge in [0.25, 0.3) is 0 Å². The van der Waals surface area contributed by atoms with Crippen molar-refractivity contribution in [2.75, 3.05) is 13.2 Å². The normalized spacial score (nSPS) is 17.7. The van der Waals surface area contributed by atoms with Crippen LogP contribution in [0.1, 0.15) is 72.6 Å². The Balaban J connectivity index is 4.05. The molecule has 5 N–H and O–H groups in total. The Labute approximate surface area is 175 Å². The highest BCUT2D eigenvalue weighted by atomic mass is 16.5. The second kappa shape index (κ2) is 15.8. The number of hydrogen-bond acceptors (Lipinski definition) is 7. The third-order valence-electron chi connectivity index (χ3n) is 5.10. The average molecular weight is 419 g/mol. The van der Waals surface area contributed by atoms with Crippen LogP contribution in [0.25, 0.3) is 0 Å². The van der Waals surface area contributed by atoms with Crippen molar-refractivity contribution in [1.82, 2.24) is 0 Å². The minimum atomic E-state index is -1.73. The maximum atomic E-state index is 11.8. The Morgan fingerprint density at radius 3 is 2.10 bits per heavy atom. The molecule has 0 saturated heterocycles. The number of ether oxygens (including phenoxy) is 1. The van der Waals surface area contributed by atoms with Crippen LogP contribution in [0.4, 0.5) is 0 Å². The topological polar surface area (TPSA) is 127 Å². The molecule has 0 bridgehead atoms. The van der Waals surface area contributed by atoms with E-state index in [0.29, 0.717) is 5.92 Å². The molecule has 0 aliphatic heterocycles. The monoisotopic (exact) mass is 418 g/mol. The molecule has 1 unspecified atom stereocenters. The summed E-state index contributed by atoms with van der Waals surface area (Å²) in [7, 11) is 0. The first-order valence-electron chi connectivity index (χ1n) is 10.7. The van der Waals surface area contributed by atoms with Gasteiger partial charge >= 0.3 is 5.97 Å². The van der Waals surface area contributed by atoms with Gasteiger partial charge in [-0.15, -0.1) is 0 Å². The molecule has 0 aromatic heterocycles. The number of aliphatic hydroxyl groups is 5. The molecule has 0 fully saturated rings. The van der Waals surface area contributed by atoms with E-state index in [9.17, 15) is 25.2 Å². The van der Waals surface area contributed by atoms with Crippen LogP contribution in [0.15, 0.2) is 11.6 Å². The fraction of sp³-hybridized carbons (Fsp3) is 0.864. The van der Waals surface area contributed by atoms with E-state index in [2.05, 4.69) is 20.8 Å². The number of allylic oxidation sites excluding steroid dienone is 1. The zero-order valence-electron chi connectivity index (χ0n) is 18.5. The second-order valence-electron chi connectivity index (χ2n) is 8.56. The summed E-state index contributed by atoms with van der Waals surface area (Å²) in [6.07, 6.45) is 2.24. The minimum Gasteiger partial charge on any atom is -0.463 e. The van der Waals surface area contributed by atoms with E-state index in [1.807, 2.05) is 6.92 Å². The Morgan fingerprint density at radius 1 is 0.931 bits per heavy atom. The van der Waals surface area contributed by atoms with E-state index < -0.39 is 43.6 Å². The zero-order valence-corrected chi connectivity index (χ0v) is 18.5. The standard InChI is InChI=1S/C22H42O7/c1-15(2)7-5-8-16(3)9-6-10-17(4)11-12-20(26)29-14-19(25)22(28)21(27)18(24)13-23/h11,15-16,18-19,21-25,27-28H,5-10,12-14H2,1-4H3/t16?,18-,19+,21-,22-/m0/s1. The van der Waals surface area contributed by atoms with Crippen LogP contribution < -0.4 is 0 Å². The molecule has 0 heterocycles. The first-order valence-corrected chi connectivity index (χ1v) is 10.7. The van der Waals surface area contributed by atoms with E-state index in [1.54, 1.807) is 6.08 Å². The lowest BCUT2D eigenvalue weighted by atomic mass is 9.94. The minimum absolute atomic E-state index is 0.0699. The number of aliphatic hydroxyl groups excluding tert-OH is 5. The third kappa shape index (κ3) is 13.8. The highest BCUT2D eigenvalue weighted by Crippen LogP contribution is 2.19. The van der Waals surface area contributed by atoms with Crippen molar-refractivity contribution in [2.45, 2.75) is 97.1 Å². The summed E-state index contributed by atoms with van der Waals surface area (Å²) >= 11 is 0. The first kappa shape index (κ1) is 28.0. The molecular formula is C22H42O7. The molecule has 0 aromatic rings. The largest absolute Gasteiger partial charge is 0.463 e. The number of rotatable bonds is 16. The van der Waals surface area contributed by atoms with Crippen molar-refractivity contribution < 1.29 is 35.1 Å². The molecule has 0 aliphatic rings. The SMILES string of the molecule is CC(=CCC(=O)OC[C@@H](O)[C@H](O)[C@@H](O)[C@@H](O)CO)CCCC(C)CCCC(C)C. The first-order chi connectivity index (χ1) is 13.6. The summed E-state index contributed by atoms with van der Waals surface area (Å²) in [5, 5.41) is 46.9. The molecule has 0 rings (SSSR count). The lowest BCUT2D eigenvalue weighted by Crippen LogP contribution is -2.47. The van der Waals surface area contributed by atoms with Gasteiger partial charge in [-0.25, -0.2) is 0 Å². The van der Waals surface area contributed by atoms with E-state index in [-0.39, 0.29) is 6.42 Å². The molecule has 5 atom stereocenters. The predicted octanol–water partition coefficient (Wildman–Crippen LogP) is 1.93. The molecule has 7 heteroatoms. The fourth-order valence-electron chi connectivity index (χ4n) is 3.01. The van der Waals surface area contributed by atoms with E-state index in [1.165, 1.54) is 25.7 Å². The number of esters is 1. The Morgan fingerprint density at radius 2 is 1.52 bits per heavy atom. The number of carbonyl (C=O) groups is 1. The van der Waals surface area contributed by atoms with E-state index >= 15 is 0 Å². The third-order valence-corrected chi connectivity index (χ3v) is 5.10. The predicted molar refractivity (Wildman–Crippen MR) is 112 cm³/mol. The van der Waals surface area contributed by atoms with Crippen LogP contribution in [0, 0.1) is 11.8 Å². The summed E-state index contributed by atoms with van der Waals surface area (Å²) in [5.41, 5.74) is 1.11. The second-order valence-corrected chi connectivity index (χ2v) is 8.56. The zero-order chi connectivity index (χ0) is 22.4. The van der Waals surface area contributed by atoms with E-state index in [0.717, 1.165) is 24.3 Å². The quantitative estimate of drug-likeness (QED) is 0.191. The van der Waals surface area contributed by atoms with E-state index in [4.69, 9.17) is 9.84 Å². The van der Waals surface area contributed by atoms with Crippen molar-refractivity contribution in [3.05, 3.63) is 11.6 Å². The van der Waals surface area contributed by atoms with Gasteiger partial charge in [-0.05, 0) is 31.6 Å². The van der Waals surface area contributed by atoms with Gasteiger partial charge in [0.1, 0.15) is 31.0 Å². The molecule has 0 saturated carbocycles. The molecular weight excluding hydrogens is 376 g/mol. The number of carbonyl (C=O) groups excluding carboxylic acids is 1. The summed E-state index contributed by atoms with van der Waals surface area (Å²) in [5.74, 6) is 0.919. The maximum absolute atomic E-state index is 11.8. The van der Waals surface area contributed by atoms with Gasteiger partial charge in [-0.1, -0.05) is 58.1 Å². The van der Waals surface area contributed by atoms with Gasteiger partial charge in [0.15, 0.2) is 0 Å². The lowest BCUT2D eigenvalue weighted by Gasteiger charge is -2.25. The van der Waals surface area contributed by atoms with Crippen LogP contribution in [-0.4, -0.2) is 69.1 Å². The molecule has 172 valence electrons. The van der Waals surface area contributed by atoms with Crippen LogP contribution in [0.2, 0.25) is 0 Å². The van der Waals surface area contributed by atoms with Gasteiger partial charge in [0.05, 0.1) is 13.0 Å². The molecule has 0 spiro atoms. The average Bonchev–Trinajstić information content (AvgIpc) is 2.68. The molecule has 0 amide bonds. The highest BCUT2D eigenvalue weighted by Gasteiger charge is 2.30. The number of hydrogen-bond donors (Lipinski definition) is 5. The molecule has 29 heavy (non-hydrogen) atoms. The van der Waals surface area contributed by atoms with Gasteiger partial charge in [-0.2, -0.15) is 0 Å². The van der Waals surface area contributed by atoms with Crippen molar-refractivity contribution in [1.29, 1.82) is 0 Å². The van der Waals surface area contributed by atoms with Crippen LogP contribution >= 0.6 is 0 Å². The molecule has 0 radical (unpaired) electrons. The molecule has 7 nitrogen and oxygen atoms in total. The smallest absolute Gasteiger partial charge is 0.309 e. The van der Waals surface area contributed by atoms with Gasteiger partial charge in [0, 0.05) is 0 Å². The molecule has 0 aliphatic carbocycles. The Hall–Kier alpha value is -0.990. The Kier molecular flexibility index (Phi) is 15.3. The van der Waals surface area contributed by atoms with Gasteiger partial charge < -0.3 is 30.3 Å².